The maximum absolute atomic E-state index is 12.3. The van der Waals surface area contributed by atoms with Crippen LogP contribution in [0.15, 0.2) is 88.0 Å². The van der Waals surface area contributed by atoms with E-state index in [1.165, 1.54) is 0 Å². The molecule has 0 saturated heterocycles. The molecule has 0 radical (unpaired) electrons. The van der Waals surface area contributed by atoms with Gasteiger partial charge in [-0.25, -0.2) is 9.79 Å². The van der Waals surface area contributed by atoms with E-state index in [1.807, 2.05) is 79.7 Å². The molecule has 1 heterocycles. The summed E-state index contributed by atoms with van der Waals surface area (Å²) in [5.41, 5.74) is 3.88. The second kappa shape index (κ2) is 8.45. The van der Waals surface area contributed by atoms with E-state index in [-0.39, 0.29) is 5.70 Å². The molecular weight excluding hydrogens is 430 g/mol. The van der Waals surface area contributed by atoms with Crippen molar-refractivity contribution >= 4 is 33.9 Å². The molecule has 0 saturated carbocycles. The van der Waals surface area contributed by atoms with Gasteiger partial charge in [-0.3, -0.25) is 0 Å². The van der Waals surface area contributed by atoms with E-state index in [9.17, 15) is 4.79 Å². The Bertz CT molecular complexity index is 1120. The summed E-state index contributed by atoms with van der Waals surface area (Å²) in [6.07, 6.45) is 1.70. The van der Waals surface area contributed by atoms with Gasteiger partial charge in [-0.1, -0.05) is 64.5 Å². The van der Waals surface area contributed by atoms with Gasteiger partial charge in [0.2, 0.25) is 5.90 Å². The summed E-state index contributed by atoms with van der Waals surface area (Å²) in [5, 5.41) is 0. The molecule has 1 aliphatic rings. The molecule has 4 rings (SSSR count). The van der Waals surface area contributed by atoms with Crippen LogP contribution in [0.4, 0.5) is 0 Å². The van der Waals surface area contributed by atoms with E-state index < -0.39 is 5.97 Å². The van der Waals surface area contributed by atoms with E-state index in [2.05, 4.69) is 20.9 Å². The number of para-hydroxylation sites is 1. The summed E-state index contributed by atoms with van der Waals surface area (Å²) in [6.45, 7) is 2.38. The van der Waals surface area contributed by atoms with Gasteiger partial charge in [0.15, 0.2) is 5.70 Å². The first kappa shape index (κ1) is 19.2. The zero-order valence-electron chi connectivity index (χ0n) is 15.8. The third-order valence-electron chi connectivity index (χ3n) is 4.51. The van der Waals surface area contributed by atoms with Gasteiger partial charge in [-0.05, 0) is 48.4 Å². The molecule has 1 aliphatic heterocycles. The summed E-state index contributed by atoms with van der Waals surface area (Å²) >= 11 is 3.43. The Kier molecular flexibility index (Phi) is 5.58. The molecule has 29 heavy (non-hydrogen) atoms. The minimum atomic E-state index is -0.467. The quantitative estimate of drug-likeness (QED) is 0.373. The Morgan fingerprint density at radius 2 is 1.72 bits per heavy atom. The molecule has 3 aromatic rings. The lowest BCUT2D eigenvalue weighted by atomic mass is 10.1. The van der Waals surface area contributed by atoms with Crippen LogP contribution in [0.1, 0.15) is 22.3 Å². The van der Waals surface area contributed by atoms with Crippen LogP contribution in [0.3, 0.4) is 0 Å². The van der Waals surface area contributed by atoms with Crippen LogP contribution in [-0.2, 0) is 16.1 Å². The van der Waals surface area contributed by atoms with Crippen molar-refractivity contribution in [3.63, 3.8) is 0 Å². The first-order chi connectivity index (χ1) is 14.1. The Morgan fingerprint density at radius 3 is 2.52 bits per heavy atom. The first-order valence-electron chi connectivity index (χ1n) is 9.15. The number of hydrogen-bond donors (Lipinski definition) is 0. The van der Waals surface area contributed by atoms with Gasteiger partial charge < -0.3 is 9.47 Å². The number of benzene rings is 3. The highest BCUT2D eigenvalue weighted by molar-refractivity contribution is 9.10. The maximum Gasteiger partial charge on any atom is 0.363 e. The van der Waals surface area contributed by atoms with Crippen LogP contribution >= 0.6 is 15.9 Å². The summed E-state index contributed by atoms with van der Waals surface area (Å²) in [4.78, 5) is 16.8. The molecule has 0 atom stereocenters. The van der Waals surface area contributed by atoms with Crippen LogP contribution in [0.2, 0.25) is 0 Å². The summed E-state index contributed by atoms with van der Waals surface area (Å²) in [5.74, 6) is 0.536. The fourth-order valence-electron chi connectivity index (χ4n) is 2.96. The Morgan fingerprint density at radius 1 is 1.00 bits per heavy atom. The van der Waals surface area contributed by atoms with E-state index >= 15 is 0 Å². The van der Waals surface area contributed by atoms with Crippen molar-refractivity contribution < 1.29 is 14.3 Å². The van der Waals surface area contributed by atoms with Gasteiger partial charge in [0, 0.05) is 15.6 Å². The molecule has 0 fully saturated rings. The molecule has 0 N–H and O–H groups in total. The summed E-state index contributed by atoms with van der Waals surface area (Å²) < 4.78 is 12.4. The van der Waals surface area contributed by atoms with Crippen molar-refractivity contribution in [3.8, 4) is 5.75 Å². The van der Waals surface area contributed by atoms with Crippen LogP contribution in [-0.4, -0.2) is 11.9 Å². The number of aryl methyl sites for hydroxylation is 1. The molecule has 144 valence electrons. The Labute approximate surface area is 177 Å². The number of carbonyl (C=O) groups is 1. The van der Waals surface area contributed by atoms with Gasteiger partial charge in [0.25, 0.3) is 0 Å². The van der Waals surface area contributed by atoms with Crippen LogP contribution < -0.4 is 4.74 Å². The number of aliphatic imine (C=N–C) groups is 1. The van der Waals surface area contributed by atoms with E-state index in [0.29, 0.717) is 18.3 Å². The number of cyclic esters (lactones) is 1. The number of ether oxygens (including phenoxy) is 2. The lowest BCUT2D eigenvalue weighted by molar-refractivity contribution is -0.129. The van der Waals surface area contributed by atoms with Crippen LogP contribution in [0.25, 0.3) is 6.08 Å². The zero-order chi connectivity index (χ0) is 20.2. The van der Waals surface area contributed by atoms with E-state index in [0.717, 1.165) is 26.7 Å². The highest BCUT2D eigenvalue weighted by Crippen LogP contribution is 2.26. The number of hydrogen-bond acceptors (Lipinski definition) is 4. The average Bonchev–Trinajstić information content (AvgIpc) is 3.09. The molecule has 0 aliphatic carbocycles. The molecule has 4 nitrogen and oxygen atoms in total. The molecule has 0 amide bonds. The fourth-order valence-corrected chi connectivity index (χ4v) is 3.22. The third-order valence-corrected chi connectivity index (χ3v) is 5.04. The number of esters is 1. The highest BCUT2D eigenvalue weighted by Gasteiger charge is 2.25. The van der Waals surface area contributed by atoms with E-state index in [1.54, 1.807) is 6.08 Å². The number of rotatable bonds is 5. The molecular formula is C24H18BrNO3. The topological polar surface area (TPSA) is 47.9 Å². The smallest absolute Gasteiger partial charge is 0.363 e. The van der Waals surface area contributed by atoms with Gasteiger partial charge in [0.1, 0.15) is 12.4 Å². The van der Waals surface area contributed by atoms with Gasteiger partial charge in [0.05, 0.1) is 0 Å². The van der Waals surface area contributed by atoms with Gasteiger partial charge in [-0.2, -0.15) is 0 Å². The molecule has 0 aromatic heterocycles. The van der Waals surface area contributed by atoms with Gasteiger partial charge in [-0.15, -0.1) is 0 Å². The molecule has 0 bridgehead atoms. The maximum atomic E-state index is 12.3. The summed E-state index contributed by atoms with van der Waals surface area (Å²) in [7, 11) is 0. The number of halogens is 1. The second-order valence-electron chi connectivity index (χ2n) is 6.60. The summed E-state index contributed by atoms with van der Waals surface area (Å²) in [6, 6.07) is 23.2. The SMILES string of the molecule is Cc1ccccc1C1=N/C(=C\c2ccccc2OCc2ccc(Br)cc2)C(=O)O1. The van der Waals surface area contributed by atoms with Crippen LogP contribution in [0.5, 0.6) is 5.75 Å². The normalized spacial score (nSPS) is 14.6. The van der Waals surface area contributed by atoms with E-state index in [4.69, 9.17) is 9.47 Å². The minimum Gasteiger partial charge on any atom is -0.488 e. The first-order valence-corrected chi connectivity index (χ1v) is 9.94. The number of carbonyl (C=O) groups excluding carboxylic acids is 1. The minimum absolute atomic E-state index is 0.253. The van der Waals surface area contributed by atoms with Gasteiger partial charge >= 0.3 is 5.97 Å². The Balaban J connectivity index is 1.58. The second-order valence-corrected chi connectivity index (χ2v) is 7.52. The Hall–Kier alpha value is -3.18. The molecule has 0 spiro atoms. The monoisotopic (exact) mass is 447 g/mol. The lowest BCUT2D eigenvalue weighted by Gasteiger charge is -2.09. The van der Waals surface area contributed by atoms with Crippen molar-refractivity contribution in [1.29, 1.82) is 0 Å². The van der Waals surface area contributed by atoms with Crippen molar-refractivity contribution in [1.82, 2.24) is 0 Å². The van der Waals surface area contributed by atoms with Crippen molar-refractivity contribution in [2.24, 2.45) is 4.99 Å². The number of nitrogens with zero attached hydrogens (tertiary/aromatic N) is 1. The largest absolute Gasteiger partial charge is 0.488 e. The predicted molar refractivity (Wildman–Crippen MR) is 117 cm³/mol. The molecule has 0 unspecified atom stereocenters. The average molecular weight is 448 g/mol. The van der Waals surface area contributed by atoms with Crippen LogP contribution in [0, 0.1) is 6.92 Å². The van der Waals surface area contributed by atoms with Crippen molar-refractivity contribution in [2.75, 3.05) is 0 Å². The third kappa shape index (κ3) is 4.46. The molecule has 3 aromatic carbocycles. The fraction of sp³-hybridized carbons (Fsp3) is 0.0833. The lowest BCUT2D eigenvalue weighted by Crippen LogP contribution is -2.06. The zero-order valence-corrected chi connectivity index (χ0v) is 17.3. The highest BCUT2D eigenvalue weighted by atomic mass is 79.9. The molecule has 5 heteroatoms. The standard InChI is InChI=1S/C24H18BrNO3/c1-16-6-2-4-8-20(16)23-26-21(24(27)29-23)14-18-7-3-5-9-22(18)28-15-17-10-12-19(25)13-11-17/h2-14H,15H2,1H3/b21-14-. The predicted octanol–water partition coefficient (Wildman–Crippen LogP) is 5.68. The van der Waals surface area contributed by atoms with Crippen molar-refractivity contribution in [3.05, 3.63) is 105 Å². The van der Waals surface area contributed by atoms with Crippen molar-refractivity contribution in [2.45, 2.75) is 13.5 Å².